The van der Waals surface area contributed by atoms with E-state index in [2.05, 4.69) is 10.4 Å². The lowest BCUT2D eigenvalue weighted by atomic mass is 10.1. The minimum Gasteiger partial charge on any atom is -0.352 e. The number of rotatable bonds is 7. The second kappa shape index (κ2) is 9.46. The lowest BCUT2D eigenvalue weighted by molar-refractivity contribution is 0.0949. The van der Waals surface area contributed by atoms with E-state index in [0.717, 1.165) is 5.56 Å². The maximum atomic E-state index is 13.5. The summed E-state index contributed by atoms with van der Waals surface area (Å²) in [4.78, 5) is 39.5. The Morgan fingerprint density at radius 1 is 1.03 bits per heavy atom. The van der Waals surface area contributed by atoms with E-state index in [0.29, 0.717) is 40.5 Å². The number of nitrogens with zero attached hydrogens (tertiary/aromatic N) is 4. The second-order valence-corrected chi connectivity index (χ2v) is 9.78. The van der Waals surface area contributed by atoms with Crippen molar-refractivity contribution in [2.75, 3.05) is 6.54 Å². The smallest absolute Gasteiger partial charge is 0.352 e. The fourth-order valence-electron chi connectivity index (χ4n) is 3.85. The van der Waals surface area contributed by atoms with Gasteiger partial charge >= 0.3 is 5.69 Å². The summed E-state index contributed by atoms with van der Waals surface area (Å²) in [6.45, 7) is 9.18. The maximum Gasteiger partial charge on any atom is 0.352 e. The number of hydrogen-bond donors (Lipinski definition) is 1. The third-order valence-corrected chi connectivity index (χ3v) is 5.76. The fraction of sp³-hybridized carbons (Fsp3) is 0.360. The molecular weight excluding hydrogens is 454 g/mol. The average molecular weight is 482 g/mol. The molecule has 0 aliphatic carbocycles. The Labute approximate surface area is 201 Å². The topological polar surface area (TPSA) is 90.4 Å². The molecule has 0 radical (unpaired) electrons. The van der Waals surface area contributed by atoms with E-state index in [1.165, 1.54) is 13.6 Å². The molecule has 1 N–H and O–H groups in total. The van der Waals surface area contributed by atoms with Gasteiger partial charge in [-0.05, 0) is 47.7 Å². The van der Waals surface area contributed by atoms with E-state index in [1.807, 2.05) is 39.8 Å². The summed E-state index contributed by atoms with van der Waals surface area (Å²) in [5.74, 6) is 0.464. The van der Waals surface area contributed by atoms with Crippen LogP contribution >= 0.6 is 11.6 Å². The van der Waals surface area contributed by atoms with Gasteiger partial charge in [0.1, 0.15) is 0 Å². The largest absolute Gasteiger partial charge is 0.352 e. The van der Waals surface area contributed by atoms with Gasteiger partial charge in [0, 0.05) is 23.7 Å². The lowest BCUT2D eigenvalue weighted by Crippen LogP contribution is -2.29. The standard InChI is InChI=1S/C25H28ClN5O3/c1-15(2)12-27-22(32)18-7-10-20-21(11-18)31-24(29(23(20)33)13-16(3)4)28-30(25(31)34)14-17-5-8-19(26)9-6-17/h5-11,15-16H,12-14H2,1-4H3,(H,27,32). The van der Waals surface area contributed by atoms with Crippen LogP contribution in [0.5, 0.6) is 0 Å². The number of nitrogens with one attached hydrogen (secondary N) is 1. The number of carbonyl (C=O) groups excluding carboxylic acids is 1. The maximum absolute atomic E-state index is 13.5. The van der Waals surface area contributed by atoms with Crippen LogP contribution in [0.25, 0.3) is 16.7 Å². The van der Waals surface area contributed by atoms with Crippen LogP contribution in [0, 0.1) is 11.8 Å². The van der Waals surface area contributed by atoms with Gasteiger partial charge in [-0.25, -0.2) is 13.9 Å². The number of benzene rings is 2. The molecule has 0 aliphatic rings. The first-order valence-electron chi connectivity index (χ1n) is 11.3. The minimum absolute atomic E-state index is 0.163. The van der Waals surface area contributed by atoms with Crippen molar-refractivity contribution in [1.29, 1.82) is 0 Å². The van der Waals surface area contributed by atoms with Crippen LogP contribution in [0.15, 0.2) is 52.1 Å². The highest BCUT2D eigenvalue weighted by molar-refractivity contribution is 6.30. The van der Waals surface area contributed by atoms with Crippen molar-refractivity contribution < 1.29 is 4.79 Å². The molecule has 178 valence electrons. The van der Waals surface area contributed by atoms with E-state index < -0.39 is 0 Å². The molecule has 0 fully saturated rings. The molecule has 8 nitrogen and oxygen atoms in total. The van der Waals surface area contributed by atoms with Crippen LogP contribution in [0.4, 0.5) is 0 Å². The van der Waals surface area contributed by atoms with Crippen molar-refractivity contribution in [1.82, 2.24) is 24.1 Å². The summed E-state index contributed by atoms with van der Waals surface area (Å²) in [5.41, 5.74) is 0.976. The Hall–Kier alpha value is -3.39. The van der Waals surface area contributed by atoms with Crippen LogP contribution in [0.3, 0.4) is 0 Å². The molecule has 0 saturated carbocycles. The predicted molar refractivity (Wildman–Crippen MR) is 134 cm³/mol. The van der Waals surface area contributed by atoms with Gasteiger partial charge in [-0.15, -0.1) is 5.10 Å². The zero-order valence-electron chi connectivity index (χ0n) is 19.7. The van der Waals surface area contributed by atoms with Gasteiger partial charge < -0.3 is 5.32 Å². The number of amides is 1. The Morgan fingerprint density at radius 2 is 1.74 bits per heavy atom. The molecule has 0 spiro atoms. The molecule has 1 amide bonds. The zero-order chi connectivity index (χ0) is 24.6. The van der Waals surface area contributed by atoms with Crippen molar-refractivity contribution in [3.8, 4) is 0 Å². The summed E-state index contributed by atoms with van der Waals surface area (Å²) in [5, 5.41) is 8.37. The van der Waals surface area contributed by atoms with Gasteiger partial charge in [0.25, 0.3) is 11.5 Å². The molecule has 34 heavy (non-hydrogen) atoms. The van der Waals surface area contributed by atoms with Gasteiger partial charge in [-0.3, -0.25) is 14.2 Å². The Morgan fingerprint density at radius 3 is 2.38 bits per heavy atom. The average Bonchev–Trinajstić information content (AvgIpc) is 3.11. The zero-order valence-corrected chi connectivity index (χ0v) is 20.5. The van der Waals surface area contributed by atoms with Gasteiger partial charge in [0.15, 0.2) is 0 Å². The molecule has 2 aromatic heterocycles. The number of halogens is 1. The van der Waals surface area contributed by atoms with Crippen molar-refractivity contribution in [3.05, 3.63) is 79.5 Å². The number of aromatic nitrogens is 4. The third-order valence-electron chi connectivity index (χ3n) is 5.50. The van der Waals surface area contributed by atoms with E-state index >= 15 is 0 Å². The molecule has 4 rings (SSSR count). The predicted octanol–water partition coefficient (Wildman–Crippen LogP) is 3.55. The van der Waals surface area contributed by atoms with Crippen molar-refractivity contribution >= 4 is 34.2 Å². The van der Waals surface area contributed by atoms with Crippen LogP contribution < -0.4 is 16.6 Å². The molecule has 0 unspecified atom stereocenters. The Balaban J connectivity index is 1.93. The van der Waals surface area contributed by atoms with Gasteiger partial charge in [-0.1, -0.05) is 51.4 Å². The quantitative estimate of drug-likeness (QED) is 0.437. The fourth-order valence-corrected chi connectivity index (χ4v) is 3.98. The monoisotopic (exact) mass is 481 g/mol. The molecule has 4 aromatic rings. The summed E-state index contributed by atoms with van der Waals surface area (Å²) in [7, 11) is 0. The first kappa shape index (κ1) is 23.8. The molecule has 0 bridgehead atoms. The summed E-state index contributed by atoms with van der Waals surface area (Å²) < 4.78 is 4.29. The summed E-state index contributed by atoms with van der Waals surface area (Å²) >= 11 is 5.98. The molecule has 0 atom stereocenters. The lowest BCUT2D eigenvalue weighted by Gasteiger charge is -2.13. The number of carbonyl (C=O) groups is 1. The minimum atomic E-state index is -0.382. The third kappa shape index (κ3) is 4.63. The Bertz CT molecular complexity index is 1480. The van der Waals surface area contributed by atoms with E-state index in [9.17, 15) is 14.4 Å². The number of fused-ring (bicyclic) bond motifs is 3. The highest BCUT2D eigenvalue weighted by Crippen LogP contribution is 2.16. The van der Waals surface area contributed by atoms with Crippen LogP contribution in [-0.4, -0.2) is 31.2 Å². The van der Waals surface area contributed by atoms with E-state index in [1.54, 1.807) is 30.3 Å². The van der Waals surface area contributed by atoms with Crippen molar-refractivity contribution in [3.63, 3.8) is 0 Å². The summed E-state index contributed by atoms with van der Waals surface area (Å²) in [6.07, 6.45) is 0. The molecular formula is C25H28ClN5O3. The van der Waals surface area contributed by atoms with Crippen LogP contribution in [-0.2, 0) is 13.1 Å². The number of hydrogen-bond acceptors (Lipinski definition) is 4. The first-order valence-corrected chi connectivity index (χ1v) is 11.7. The van der Waals surface area contributed by atoms with Gasteiger partial charge in [0.05, 0.1) is 17.4 Å². The first-order chi connectivity index (χ1) is 16.2. The molecule has 0 saturated heterocycles. The van der Waals surface area contributed by atoms with Crippen molar-refractivity contribution in [2.45, 2.75) is 40.8 Å². The van der Waals surface area contributed by atoms with E-state index in [4.69, 9.17) is 11.6 Å². The second-order valence-electron chi connectivity index (χ2n) is 9.35. The highest BCUT2D eigenvalue weighted by atomic mass is 35.5. The van der Waals surface area contributed by atoms with Crippen LogP contribution in [0.2, 0.25) is 5.02 Å². The molecule has 2 aromatic carbocycles. The van der Waals surface area contributed by atoms with Crippen LogP contribution in [0.1, 0.15) is 43.6 Å². The normalized spacial score (nSPS) is 11.7. The Kier molecular flexibility index (Phi) is 6.61. The molecule has 2 heterocycles. The van der Waals surface area contributed by atoms with Gasteiger partial charge in [-0.2, -0.15) is 0 Å². The van der Waals surface area contributed by atoms with E-state index in [-0.39, 0.29) is 35.4 Å². The van der Waals surface area contributed by atoms with Crippen molar-refractivity contribution in [2.24, 2.45) is 11.8 Å². The molecule has 9 heteroatoms. The SMILES string of the molecule is CC(C)CNC(=O)c1ccc2c(=O)n(CC(C)C)c3nn(Cc4ccc(Cl)cc4)c(=O)n3c2c1. The molecule has 0 aliphatic heterocycles. The highest BCUT2D eigenvalue weighted by Gasteiger charge is 2.19. The summed E-state index contributed by atoms with van der Waals surface area (Å²) in [6, 6.07) is 12.0. The van der Waals surface area contributed by atoms with Gasteiger partial charge in [0.2, 0.25) is 5.78 Å².